The molecule has 6 aliphatic heterocycles. The van der Waals surface area contributed by atoms with Crippen LogP contribution < -0.4 is 21.3 Å². The lowest BCUT2D eigenvalue weighted by atomic mass is 9.87. The van der Waals surface area contributed by atoms with Crippen molar-refractivity contribution in [3.8, 4) is 0 Å². The third kappa shape index (κ3) is 36.5. The monoisotopic (exact) mass is 1970 g/mol. The fraction of sp³-hybridized carbons (Fsp3) is 0.744. The highest BCUT2D eigenvalue weighted by atomic mass is 17.3. The van der Waals surface area contributed by atoms with Gasteiger partial charge in [-0.25, -0.2) is 14.0 Å². The van der Waals surface area contributed by atoms with Crippen molar-refractivity contribution < 1.29 is 186 Å². The van der Waals surface area contributed by atoms with Crippen molar-refractivity contribution in [2.24, 2.45) is 0 Å². The number of rotatable bonds is 70. The zero-order valence-electron chi connectivity index (χ0n) is 79.1. The number of fused-ring (bicyclic) bond motifs is 6. The normalized spacial score (nSPS) is 24.4. The Morgan fingerprint density at radius 1 is 0.370 bits per heavy atom. The molecule has 0 aliphatic carbocycles. The van der Waals surface area contributed by atoms with Gasteiger partial charge in [0.15, 0.2) is 60.4 Å². The average molecular weight is 1970 g/mol. The molecule has 1 aromatic carbocycles. The van der Waals surface area contributed by atoms with Crippen molar-refractivity contribution in [3.05, 3.63) is 71.6 Å². The van der Waals surface area contributed by atoms with E-state index >= 15 is 0 Å². The van der Waals surface area contributed by atoms with Crippen molar-refractivity contribution in [3.63, 3.8) is 0 Å². The summed E-state index contributed by atoms with van der Waals surface area (Å²) in [6, 6.07) is 6.72. The van der Waals surface area contributed by atoms with E-state index in [1.54, 1.807) is 32.6 Å². The Morgan fingerprint density at radius 3 is 1.07 bits per heavy atom. The molecule has 10 rings (SSSR count). The molecule has 6 fully saturated rings. The zero-order chi connectivity index (χ0) is 98.6. The van der Waals surface area contributed by atoms with E-state index in [9.17, 15) is 47.9 Å². The number of carbonyl (C=O) groups is 10. The van der Waals surface area contributed by atoms with Crippen molar-refractivity contribution in [1.29, 1.82) is 0 Å². The van der Waals surface area contributed by atoms with Gasteiger partial charge in [0.2, 0.25) is 29.9 Å². The SMILES string of the molecule is CC(=O)N[C@H]1[C@H]2OC[C@](COCCOCCOCCOCCn3cc(COCC(COCc4cn(CCOCCOCCOCCOC[C@@]56CO[C@@H](O5)[C@H](NC(C)=O)[C@@H](OC(C)=O)[C@H]6OC(C)=O)nn4)(COCc4cn(CCOCCOCCOCCOC[C@@]56OO[C@@H](O5)[C@H](NC(C)=O)[C@@H](OC(C)=O)[C@H]6OC(C)=O)nn4)NC(=O)CCCOCc4ccccc4)nn3)(O2)[C@H](OC(C)=O)[C@@H]1OC(C)=O. The summed E-state index contributed by atoms with van der Waals surface area (Å²) in [6.45, 7) is 16.1. The molecule has 52 nitrogen and oxygen atoms in total. The highest BCUT2D eigenvalue weighted by Crippen LogP contribution is 2.44. The van der Waals surface area contributed by atoms with Crippen molar-refractivity contribution in [2.45, 2.75) is 217 Å². The number of carbonyl (C=O) groups excluding carboxylic acids is 10. The second-order valence-corrected chi connectivity index (χ2v) is 32.7. The number of benzene rings is 1. The first kappa shape index (κ1) is 110. The van der Waals surface area contributed by atoms with Crippen molar-refractivity contribution in [2.75, 3.05) is 198 Å². The predicted molar refractivity (Wildman–Crippen MR) is 458 cm³/mol. The van der Waals surface area contributed by atoms with Crippen LogP contribution in [0.3, 0.4) is 0 Å². The highest BCUT2D eigenvalue weighted by molar-refractivity contribution is 5.77. The lowest BCUT2D eigenvalue weighted by Crippen LogP contribution is -2.68. The Balaban J connectivity index is 0.656. The van der Waals surface area contributed by atoms with Crippen LogP contribution in [0.5, 0.6) is 0 Å². The van der Waals surface area contributed by atoms with E-state index in [-0.39, 0.29) is 224 Å². The van der Waals surface area contributed by atoms with Gasteiger partial charge < -0.3 is 149 Å². The van der Waals surface area contributed by atoms with E-state index in [1.165, 1.54) is 48.5 Å². The third-order valence-corrected chi connectivity index (χ3v) is 21.1. The van der Waals surface area contributed by atoms with Gasteiger partial charge in [-0.2, -0.15) is 9.78 Å². The molecular weight excluding hydrogens is 1840 g/mol. The van der Waals surface area contributed by atoms with E-state index in [4.69, 9.17) is 138 Å². The zero-order valence-corrected chi connectivity index (χ0v) is 79.1. The molecule has 6 aliphatic rings. The molecular formula is C86H129N13O39. The highest BCUT2D eigenvalue weighted by Gasteiger charge is 2.68. The molecule has 772 valence electrons. The van der Waals surface area contributed by atoms with E-state index < -0.39 is 150 Å². The molecule has 6 saturated heterocycles. The van der Waals surface area contributed by atoms with Crippen LogP contribution in [0.25, 0.3) is 0 Å². The van der Waals surface area contributed by atoms with E-state index in [1.807, 2.05) is 30.3 Å². The predicted octanol–water partition coefficient (Wildman–Crippen LogP) is -2.17. The molecule has 0 radical (unpaired) electrons. The van der Waals surface area contributed by atoms with Crippen LogP contribution >= 0.6 is 0 Å². The summed E-state index contributed by atoms with van der Waals surface area (Å²) in [4.78, 5) is 134. The first-order valence-electron chi connectivity index (χ1n) is 45.3. The summed E-state index contributed by atoms with van der Waals surface area (Å²) in [5.74, 6) is -7.58. The molecule has 0 spiro atoms. The second-order valence-electron chi connectivity index (χ2n) is 32.7. The third-order valence-electron chi connectivity index (χ3n) is 21.1. The summed E-state index contributed by atoms with van der Waals surface area (Å²) >= 11 is 0. The van der Waals surface area contributed by atoms with Crippen LogP contribution in [0.1, 0.15) is 97.8 Å². The molecule has 4 N–H and O–H groups in total. The van der Waals surface area contributed by atoms with E-state index in [2.05, 4.69) is 52.2 Å². The maximum atomic E-state index is 14.2. The average Bonchev–Trinajstić information content (AvgIpc) is 1.59. The summed E-state index contributed by atoms with van der Waals surface area (Å²) < 4.78 is 162. The van der Waals surface area contributed by atoms with Gasteiger partial charge in [0.25, 0.3) is 5.79 Å². The van der Waals surface area contributed by atoms with Crippen LogP contribution in [0, 0.1) is 0 Å². The van der Waals surface area contributed by atoms with E-state index in [0.717, 1.165) is 19.4 Å². The van der Waals surface area contributed by atoms with Crippen molar-refractivity contribution >= 4 is 59.4 Å². The minimum Gasteiger partial charge on any atom is -0.456 e. The van der Waals surface area contributed by atoms with Crippen LogP contribution in [0.2, 0.25) is 0 Å². The van der Waals surface area contributed by atoms with Gasteiger partial charge in [-0.3, -0.25) is 47.9 Å². The van der Waals surface area contributed by atoms with Crippen LogP contribution in [-0.4, -0.2) is 399 Å². The fourth-order valence-corrected chi connectivity index (χ4v) is 15.3. The molecule has 3 aromatic heterocycles. The molecule has 4 aromatic rings. The van der Waals surface area contributed by atoms with Gasteiger partial charge in [-0.05, 0) is 12.0 Å². The van der Waals surface area contributed by atoms with Crippen LogP contribution in [0.4, 0.5) is 0 Å². The minimum atomic E-state index is -1.83. The maximum absolute atomic E-state index is 14.2. The quantitative estimate of drug-likeness (QED) is 0.0158. The fourth-order valence-electron chi connectivity index (χ4n) is 15.3. The molecule has 15 atom stereocenters. The molecule has 4 amide bonds. The smallest absolute Gasteiger partial charge is 0.303 e. The second kappa shape index (κ2) is 58.0. The first-order valence-corrected chi connectivity index (χ1v) is 45.3. The minimum absolute atomic E-state index is 0.0350. The first-order chi connectivity index (χ1) is 66.6. The molecule has 9 heterocycles. The van der Waals surface area contributed by atoms with Gasteiger partial charge in [-0.1, -0.05) is 46.0 Å². The number of hydrogen-bond acceptors (Lipinski definition) is 45. The number of ether oxygens (including phenoxy) is 27. The standard InChI is InChI=1S/C86H129N13O39/c1-57(100)87-71-74(128-60(4)103)77(131-63(7)106)84(54-126-80(71)134-84)52-120-39-36-116-33-30-113-27-24-110-21-17-97-42-67(91-94-97)46-123-49-83(90-70(109)16-13-20-119-45-66-14-11-10-12-15-66,50-124-47-68-43-98(95-92-68)18-22-111-25-28-114-31-34-117-37-40-121-53-85-55-127-81(135-85)72(88-58(2)101)75(129-61(5)104)78(85)132-64(8)107)51-125-48-69-44-99(96-93-69)19-23-112-26-29-115-32-35-118-38-41-122-56-86-79(133-65(9)108)76(130-62(6)105)73(89-59(3)102)82(136-86)137-138-86/h10-12,14-15,42-44,71-82H,13,16-41,45-56H2,1-9H3,(H,87,100)(H,88,101)(H,89,102)(H,90,109)/t71-,72-,73-,74-,75-,76-,77-,78-,79-,80+,81+,82-,84+,85+,86+/m1/s1. The number of aromatic nitrogens is 9. The molecule has 138 heavy (non-hydrogen) atoms. The van der Waals surface area contributed by atoms with Gasteiger partial charge >= 0.3 is 35.8 Å². The van der Waals surface area contributed by atoms with Crippen molar-refractivity contribution in [1.82, 2.24) is 66.2 Å². The number of esters is 6. The number of nitrogens with one attached hydrogen (secondary N) is 4. The maximum Gasteiger partial charge on any atom is 0.303 e. The number of amides is 4. The molecule has 0 saturated carbocycles. The summed E-state index contributed by atoms with van der Waals surface area (Å²) in [6.07, 6.45) is -4.73. The largest absolute Gasteiger partial charge is 0.456 e. The number of hydrogen-bond donors (Lipinski definition) is 4. The Kier molecular flexibility index (Phi) is 46.4. The topological polar surface area (TPSA) is 579 Å². The van der Waals surface area contributed by atoms with Crippen LogP contribution in [0.15, 0.2) is 48.9 Å². The van der Waals surface area contributed by atoms with Gasteiger partial charge in [-0.15, -0.1) is 15.3 Å². The van der Waals surface area contributed by atoms with Gasteiger partial charge in [0.1, 0.15) is 47.4 Å². The molecule has 52 heteroatoms. The summed E-state index contributed by atoms with van der Waals surface area (Å²) in [5, 5.41) is 36.9. The van der Waals surface area contributed by atoms with Gasteiger partial charge in [0.05, 0.1) is 250 Å². The molecule has 0 unspecified atom stereocenters. The Hall–Kier alpha value is -9.58. The summed E-state index contributed by atoms with van der Waals surface area (Å²) in [7, 11) is 0. The van der Waals surface area contributed by atoms with Crippen LogP contribution in [-0.2, 0) is 232 Å². The Bertz CT molecular complexity index is 4010. The lowest BCUT2D eigenvalue weighted by molar-refractivity contribution is -0.359. The van der Waals surface area contributed by atoms with Gasteiger partial charge in [0, 0.05) is 75.3 Å². The summed E-state index contributed by atoms with van der Waals surface area (Å²) in [5.41, 5.74) is -1.58. The lowest BCUT2D eigenvalue weighted by Gasteiger charge is -2.45. The Labute approximate surface area is 795 Å². The van der Waals surface area contributed by atoms with E-state index in [0.29, 0.717) is 56.4 Å². The Morgan fingerprint density at radius 2 is 0.703 bits per heavy atom. The molecule has 6 bridgehead atoms. The number of nitrogens with zero attached hydrogens (tertiary/aromatic N) is 9.